The Morgan fingerprint density at radius 3 is 2.95 bits per heavy atom. The van der Waals surface area contributed by atoms with Gasteiger partial charge in [0.1, 0.15) is 5.69 Å². The van der Waals surface area contributed by atoms with Crippen LogP contribution in [0.2, 0.25) is 0 Å². The Balaban J connectivity index is 2.42. The molecule has 0 saturated carbocycles. The highest BCUT2D eigenvalue weighted by Gasteiger charge is 2.26. The molecule has 1 aromatic rings. The van der Waals surface area contributed by atoms with Crippen molar-refractivity contribution in [3.05, 3.63) is 33.9 Å². The maximum Gasteiger partial charge on any atom is 0.335 e. The monoisotopic (exact) mass is 277 g/mol. The van der Waals surface area contributed by atoms with Crippen molar-refractivity contribution in [2.45, 2.75) is 6.10 Å². The Kier molecular flexibility index (Phi) is 3.81. The van der Waals surface area contributed by atoms with Gasteiger partial charge in [-0.05, 0) is 12.1 Å². The molecule has 1 aliphatic heterocycles. The first-order valence-corrected chi connectivity index (χ1v) is 5.81. The summed E-state index contributed by atoms with van der Waals surface area (Å²) < 4.78 is 5.17. The molecule has 104 valence electrons. The smallest absolute Gasteiger partial charge is 0.335 e. The van der Waals surface area contributed by atoms with Gasteiger partial charge >= 0.3 is 5.97 Å². The van der Waals surface area contributed by atoms with Crippen LogP contribution in [0, 0.1) is 21.4 Å². The number of morpholine rings is 1. The van der Waals surface area contributed by atoms with Gasteiger partial charge in [0.25, 0.3) is 5.69 Å². The molecule has 1 unspecified atom stereocenters. The van der Waals surface area contributed by atoms with Gasteiger partial charge < -0.3 is 14.7 Å². The van der Waals surface area contributed by atoms with Crippen molar-refractivity contribution in [2.75, 3.05) is 24.6 Å². The lowest BCUT2D eigenvalue weighted by atomic mass is 10.1. The average molecular weight is 277 g/mol. The van der Waals surface area contributed by atoms with Crippen LogP contribution in [0.15, 0.2) is 18.2 Å². The first-order chi connectivity index (χ1) is 9.52. The summed E-state index contributed by atoms with van der Waals surface area (Å²) >= 11 is 0. The lowest BCUT2D eigenvalue weighted by Crippen LogP contribution is -2.42. The van der Waals surface area contributed by atoms with Gasteiger partial charge in [-0.15, -0.1) is 0 Å². The molecule has 0 aromatic heterocycles. The number of hydrogen-bond donors (Lipinski definition) is 1. The second-order valence-corrected chi connectivity index (χ2v) is 4.20. The van der Waals surface area contributed by atoms with E-state index >= 15 is 0 Å². The first kappa shape index (κ1) is 13.8. The molecule has 1 fully saturated rings. The van der Waals surface area contributed by atoms with Gasteiger partial charge in [0.15, 0.2) is 6.10 Å². The quantitative estimate of drug-likeness (QED) is 0.647. The van der Waals surface area contributed by atoms with E-state index in [0.29, 0.717) is 6.54 Å². The standard InChI is InChI=1S/C12H11N3O5/c13-6-9-7-14(3-4-20-9)11-5-8(12(16)17)1-2-10(11)15(18)19/h1-2,5,9H,3-4,7H2,(H,16,17). The predicted octanol–water partition coefficient (Wildman–Crippen LogP) is 1.02. The number of anilines is 1. The fourth-order valence-electron chi connectivity index (χ4n) is 2.01. The van der Waals surface area contributed by atoms with E-state index in [0.717, 1.165) is 6.07 Å². The highest BCUT2D eigenvalue weighted by atomic mass is 16.6. The minimum atomic E-state index is -1.16. The molecule has 2 rings (SSSR count). The van der Waals surface area contributed by atoms with Crippen molar-refractivity contribution in [1.29, 1.82) is 5.26 Å². The van der Waals surface area contributed by atoms with Gasteiger partial charge in [-0.25, -0.2) is 4.79 Å². The highest BCUT2D eigenvalue weighted by Crippen LogP contribution is 2.30. The zero-order chi connectivity index (χ0) is 14.7. The van der Waals surface area contributed by atoms with E-state index in [2.05, 4.69) is 0 Å². The third kappa shape index (κ3) is 2.67. The van der Waals surface area contributed by atoms with Crippen LogP contribution in [0.3, 0.4) is 0 Å². The van der Waals surface area contributed by atoms with Crippen LogP contribution < -0.4 is 4.90 Å². The van der Waals surface area contributed by atoms with E-state index in [1.165, 1.54) is 12.1 Å². The average Bonchev–Trinajstić information content (AvgIpc) is 2.46. The second-order valence-electron chi connectivity index (χ2n) is 4.20. The molecular weight excluding hydrogens is 266 g/mol. The van der Waals surface area contributed by atoms with E-state index in [-0.39, 0.29) is 30.1 Å². The number of aromatic carboxylic acids is 1. The number of rotatable bonds is 3. The summed E-state index contributed by atoms with van der Waals surface area (Å²) in [6, 6.07) is 5.54. The molecule has 1 heterocycles. The van der Waals surface area contributed by atoms with E-state index in [4.69, 9.17) is 15.1 Å². The van der Waals surface area contributed by atoms with Crippen molar-refractivity contribution in [1.82, 2.24) is 0 Å². The van der Waals surface area contributed by atoms with Crippen molar-refractivity contribution < 1.29 is 19.6 Å². The van der Waals surface area contributed by atoms with Crippen molar-refractivity contribution in [2.24, 2.45) is 0 Å². The topological polar surface area (TPSA) is 117 Å². The zero-order valence-electron chi connectivity index (χ0n) is 10.4. The number of hydrogen-bond acceptors (Lipinski definition) is 6. The number of benzene rings is 1. The van der Waals surface area contributed by atoms with Crippen LogP contribution >= 0.6 is 0 Å². The van der Waals surface area contributed by atoms with Gasteiger partial charge in [-0.2, -0.15) is 5.26 Å². The van der Waals surface area contributed by atoms with E-state index in [1.807, 2.05) is 6.07 Å². The third-order valence-electron chi connectivity index (χ3n) is 2.97. The Hall–Kier alpha value is -2.66. The van der Waals surface area contributed by atoms with Crippen LogP contribution in [0.5, 0.6) is 0 Å². The van der Waals surface area contributed by atoms with Gasteiger partial charge in [-0.3, -0.25) is 10.1 Å². The molecule has 0 amide bonds. The number of carboxylic acid groups (broad SMARTS) is 1. The molecule has 1 saturated heterocycles. The summed E-state index contributed by atoms with van der Waals surface area (Å²) in [5.74, 6) is -1.16. The molecule has 0 radical (unpaired) electrons. The van der Waals surface area contributed by atoms with Gasteiger partial charge in [0.05, 0.1) is 29.7 Å². The number of nitro groups is 1. The molecule has 20 heavy (non-hydrogen) atoms. The van der Waals surface area contributed by atoms with Crippen LogP contribution in [0.1, 0.15) is 10.4 Å². The summed E-state index contributed by atoms with van der Waals surface area (Å²) in [5.41, 5.74) is -0.0300. The largest absolute Gasteiger partial charge is 0.478 e. The van der Waals surface area contributed by atoms with Crippen LogP contribution in [0.25, 0.3) is 0 Å². The van der Waals surface area contributed by atoms with Gasteiger partial charge in [0.2, 0.25) is 0 Å². The first-order valence-electron chi connectivity index (χ1n) is 5.81. The molecular formula is C12H11N3O5. The fraction of sp³-hybridized carbons (Fsp3) is 0.333. The highest BCUT2D eigenvalue weighted by molar-refractivity contribution is 5.90. The minimum Gasteiger partial charge on any atom is -0.478 e. The Bertz CT molecular complexity index is 595. The lowest BCUT2D eigenvalue weighted by Gasteiger charge is -2.31. The minimum absolute atomic E-state index is 0.0365. The predicted molar refractivity (Wildman–Crippen MR) is 67.6 cm³/mol. The molecule has 1 aromatic carbocycles. The van der Waals surface area contributed by atoms with E-state index < -0.39 is 17.0 Å². The number of carboxylic acids is 1. The molecule has 1 atom stereocenters. The fourth-order valence-corrected chi connectivity index (χ4v) is 2.01. The molecule has 0 spiro atoms. The number of nitro benzene ring substituents is 1. The Labute approximate surface area is 113 Å². The number of ether oxygens (including phenoxy) is 1. The molecule has 1 aliphatic rings. The third-order valence-corrected chi connectivity index (χ3v) is 2.97. The Morgan fingerprint density at radius 2 is 2.35 bits per heavy atom. The number of nitriles is 1. The summed E-state index contributed by atoms with van der Waals surface area (Å²) in [4.78, 5) is 23.0. The summed E-state index contributed by atoms with van der Waals surface area (Å²) in [6.07, 6.45) is -0.683. The number of carbonyl (C=O) groups is 1. The molecule has 0 aliphatic carbocycles. The zero-order valence-corrected chi connectivity index (χ0v) is 10.4. The molecule has 1 N–H and O–H groups in total. The normalized spacial score (nSPS) is 18.4. The maximum absolute atomic E-state index is 11.0. The van der Waals surface area contributed by atoms with Crippen molar-refractivity contribution >= 4 is 17.3 Å². The van der Waals surface area contributed by atoms with Crippen molar-refractivity contribution in [3.63, 3.8) is 0 Å². The van der Waals surface area contributed by atoms with Crippen LogP contribution in [0.4, 0.5) is 11.4 Å². The summed E-state index contributed by atoms with van der Waals surface area (Å²) in [5, 5.41) is 28.8. The van der Waals surface area contributed by atoms with Gasteiger partial charge in [-0.1, -0.05) is 0 Å². The molecule has 8 nitrogen and oxygen atoms in total. The van der Waals surface area contributed by atoms with Gasteiger partial charge in [0, 0.05) is 12.6 Å². The van der Waals surface area contributed by atoms with Crippen molar-refractivity contribution in [3.8, 4) is 6.07 Å². The Morgan fingerprint density at radius 1 is 1.60 bits per heavy atom. The summed E-state index contributed by atoms with van der Waals surface area (Å²) in [7, 11) is 0. The number of nitrogens with zero attached hydrogens (tertiary/aromatic N) is 3. The maximum atomic E-state index is 11.0. The second kappa shape index (κ2) is 5.54. The SMILES string of the molecule is N#CC1CN(c2cc(C(=O)O)ccc2[N+](=O)[O-])CCO1. The molecule has 8 heteroatoms. The van der Waals surface area contributed by atoms with E-state index in [9.17, 15) is 14.9 Å². The summed E-state index contributed by atoms with van der Waals surface area (Å²) in [6.45, 7) is 0.787. The lowest BCUT2D eigenvalue weighted by molar-refractivity contribution is -0.384. The van der Waals surface area contributed by atoms with E-state index in [1.54, 1.807) is 4.90 Å². The van der Waals surface area contributed by atoms with Crippen LogP contribution in [-0.2, 0) is 4.74 Å². The van der Waals surface area contributed by atoms with Crippen LogP contribution in [-0.4, -0.2) is 41.8 Å². The molecule has 0 bridgehead atoms.